The first-order valence-electron chi connectivity index (χ1n) is 7.60. The van der Waals surface area contributed by atoms with Crippen LogP contribution in [0.5, 0.6) is 0 Å². The van der Waals surface area contributed by atoms with E-state index in [1.54, 1.807) is 0 Å². The van der Waals surface area contributed by atoms with Crippen molar-refractivity contribution in [3.63, 3.8) is 0 Å². The standard InChI is InChI=1S/C19H15N3OS/c1-12-2-4-13(5-3-12)17-11-24-19(21-17)22-18(23)15-7-6-14-8-9-20-16(14)10-15/h2-11,20H,1H3,(H,21,22,23). The molecule has 0 atom stereocenters. The summed E-state index contributed by atoms with van der Waals surface area (Å²) in [5, 5.41) is 6.51. The number of nitrogens with zero attached hydrogens (tertiary/aromatic N) is 1. The summed E-state index contributed by atoms with van der Waals surface area (Å²) in [5.41, 5.74) is 4.68. The molecule has 0 fully saturated rings. The molecule has 0 bridgehead atoms. The van der Waals surface area contributed by atoms with Gasteiger partial charge in [-0.1, -0.05) is 35.9 Å². The molecule has 118 valence electrons. The summed E-state index contributed by atoms with van der Waals surface area (Å²) in [6.07, 6.45) is 1.86. The fourth-order valence-corrected chi connectivity index (χ4v) is 3.26. The van der Waals surface area contributed by atoms with Gasteiger partial charge in [0, 0.05) is 28.2 Å². The van der Waals surface area contributed by atoms with E-state index in [0.717, 1.165) is 22.2 Å². The van der Waals surface area contributed by atoms with E-state index < -0.39 is 0 Å². The molecule has 0 radical (unpaired) electrons. The van der Waals surface area contributed by atoms with Crippen LogP contribution in [0.4, 0.5) is 5.13 Å². The lowest BCUT2D eigenvalue weighted by molar-refractivity contribution is 0.102. The number of aromatic nitrogens is 2. The Morgan fingerprint density at radius 3 is 2.79 bits per heavy atom. The lowest BCUT2D eigenvalue weighted by Crippen LogP contribution is -2.11. The van der Waals surface area contributed by atoms with Crippen LogP contribution in [0, 0.1) is 6.92 Å². The van der Waals surface area contributed by atoms with Crippen molar-refractivity contribution in [1.29, 1.82) is 0 Å². The number of benzene rings is 2. The summed E-state index contributed by atoms with van der Waals surface area (Å²) in [7, 11) is 0. The van der Waals surface area contributed by atoms with Crippen LogP contribution in [0.1, 0.15) is 15.9 Å². The predicted octanol–water partition coefficient (Wildman–Crippen LogP) is 4.85. The minimum atomic E-state index is -0.156. The SMILES string of the molecule is Cc1ccc(-c2csc(NC(=O)c3ccc4cc[nH]c4c3)n2)cc1. The molecule has 0 aliphatic heterocycles. The highest BCUT2D eigenvalue weighted by molar-refractivity contribution is 7.14. The summed E-state index contributed by atoms with van der Waals surface area (Å²) >= 11 is 1.43. The zero-order valence-electron chi connectivity index (χ0n) is 13.0. The largest absolute Gasteiger partial charge is 0.361 e. The lowest BCUT2D eigenvalue weighted by atomic mass is 10.1. The molecule has 2 aromatic carbocycles. The van der Waals surface area contributed by atoms with Gasteiger partial charge in [-0.25, -0.2) is 4.98 Å². The van der Waals surface area contributed by atoms with Crippen molar-refractivity contribution in [3.05, 3.63) is 71.2 Å². The van der Waals surface area contributed by atoms with Crippen LogP contribution in [0.2, 0.25) is 0 Å². The van der Waals surface area contributed by atoms with Crippen LogP contribution >= 0.6 is 11.3 Å². The topological polar surface area (TPSA) is 57.8 Å². The Morgan fingerprint density at radius 2 is 1.96 bits per heavy atom. The number of aryl methyl sites for hydroxylation is 1. The van der Waals surface area contributed by atoms with Gasteiger partial charge in [-0.2, -0.15) is 0 Å². The number of H-pyrrole nitrogens is 1. The summed E-state index contributed by atoms with van der Waals surface area (Å²) in [6.45, 7) is 2.05. The van der Waals surface area contributed by atoms with Gasteiger partial charge in [-0.3, -0.25) is 10.1 Å². The fourth-order valence-electron chi connectivity index (χ4n) is 2.55. The lowest BCUT2D eigenvalue weighted by Gasteiger charge is -2.02. The molecule has 4 aromatic rings. The van der Waals surface area contributed by atoms with Crippen molar-refractivity contribution >= 4 is 33.3 Å². The molecule has 2 aromatic heterocycles. The molecule has 2 N–H and O–H groups in total. The molecule has 5 heteroatoms. The zero-order valence-corrected chi connectivity index (χ0v) is 13.9. The van der Waals surface area contributed by atoms with Crippen molar-refractivity contribution in [2.45, 2.75) is 6.92 Å². The Morgan fingerprint density at radius 1 is 1.12 bits per heavy atom. The number of fused-ring (bicyclic) bond motifs is 1. The van der Waals surface area contributed by atoms with E-state index in [1.807, 2.05) is 48.0 Å². The van der Waals surface area contributed by atoms with Gasteiger partial charge in [-0.05, 0) is 30.5 Å². The average molecular weight is 333 g/mol. The van der Waals surface area contributed by atoms with E-state index in [1.165, 1.54) is 16.9 Å². The summed E-state index contributed by atoms with van der Waals surface area (Å²) in [4.78, 5) is 20.0. The molecular weight excluding hydrogens is 318 g/mol. The minimum Gasteiger partial charge on any atom is -0.361 e. The highest BCUT2D eigenvalue weighted by Gasteiger charge is 2.11. The molecule has 4 rings (SSSR count). The van der Waals surface area contributed by atoms with Crippen LogP contribution in [-0.2, 0) is 0 Å². The van der Waals surface area contributed by atoms with Crippen molar-refractivity contribution in [1.82, 2.24) is 9.97 Å². The molecule has 0 saturated heterocycles. The van der Waals surface area contributed by atoms with Crippen LogP contribution < -0.4 is 5.32 Å². The second kappa shape index (κ2) is 5.94. The normalized spacial score (nSPS) is 10.9. The predicted molar refractivity (Wildman–Crippen MR) is 98.5 cm³/mol. The Balaban J connectivity index is 1.54. The first kappa shape index (κ1) is 14.7. The van der Waals surface area contributed by atoms with E-state index in [-0.39, 0.29) is 5.91 Å². The van der Waals surface area contributed by atoms with Crippen LogP contribution in [0.3, 0.4) is 0 Å². The molecule has 0 spiro atoms. The third kappa shape index (κ3) is 2.81. The number of carbonyl (C=O) groups is 1. The third-order valence-corrected chi connectivity index (χ3v) is 4.65. The quantitative estimate of drug-likeness (QED) is 0.563. The van der Waals surface area contributed by atoms with Gasteiger partial charge in [0.25, 0.3) is 5.91 Å². The maximum absolute atomic E-state index is 12.4. The van der Waals surface area contributed by atoms with Gasteiger partial charge in [0.15, 0.2) is 5.13 Å². The maximum atomic E-state index is 12.4. The molecule has 24 heavy (non-hydrogen) atoms. The molecule has 0 aliphatic carbocycles. The van der Waals surface area contributed by atoms with E-state index >= 15 is 0 Å². The van der Waals surface area contributed by atoms with Gasteiger partial charge in [0.05, 0.1) is 5.69 Å². The minimum absolute atomic E-state index is 0.156. The van der Waals surface area contributed by atoms with Crippen molar-refractivity contribution in [2.75, 3.05) is 5.32 Å². The Labute approximate surface area is 143 Å². The number of nitrogens with one attached hydrogen (secondary N) is 2. The van der Waals surface area contributed by atoms with E-state index in [4.69, 9.17) is 0 Å². The monoisotopic (exact) mass is 333 g/mol. The number of hydrogen-bond donors (Lipinski definition) is 2. The third-order valence-electron chi connectivity index (χ3n) is 3.89. The highest BCUT2D eigenvalue weighted by Crippen LogP contribution is 2.25. The zero-order chi connectivity index (χ0) is 16.5. The van der Waals surface area contributed by atoms with Crippen molar-refractivity contribution in [3.8, 4) is 11.3 Å². The van der Waals surface area contributed by atoms with Crippen molar-refractivity contribution < 1.29 is 4.79 Å². The molecule has 0 aliphatic rings. The van der Waals surface area contributed by atoms with Crippen molar-refractivity contribution in [2.24, 2.45) is 0 Å². The summed E-state index contributed by atoms with van der Waals surface area (Å²) < 4.78 is 0. The molecule has 0 saturated carbocycles. The molecule has 2 heterocycles. The van der Waals surface area contributed by atoms with Crippen LogP contribution in [0.15, 0.2) is 60.1 Å². The van der Waals surface area contributed by atoms with E-state index in [9.17, 15) is 4.79 Å². The average Bonchev–Trinajstić information content (AvgIpc) is 3.24. The number of rotatable bonds is 3. The number of carbonyl (C=O) groups excluding carboxylic acids is 1. The number of hydrogen-bond acceptors (Lipinski definition) is 3. The second-order valence-corrected chi connectivity index (χ2v) is 6.50. The van der Waals surface area contributed by atoms with Crippen LogP contribution in [-0.4, -0.2) is 15.9 Å². The summed E-state index contributed by atoms with van der Waals surface area (Å²) in [6, 6.07) is 15.8. The van der Waals surface area contributed by atoms with Crippen LogP contribution in [0.25, 0.3) is 22.2 Å². The highest BCUT2D eigenvalue weighted by atomic mass is 32.1. The summed E-state index contributed by atoms with van der Waals surface area (Å²) in [5.74, 6) is -0.156. The number of thiazole rings is 1. The first-order chi connectivity index (χ1) is 11.7. The smallest absolute Gasteiger partial charge is 0.257 e. The van der Waals surface area contributed by atoms with Gasteiger partial charge >= 0.3 is 0 Å². The second-order valence-electron chi connectivity index (χ2n) is 5.64. The van der Waals surface area contributed by atoms with Gasteiger partial charge in [0.2, 0.25) is 0 Å². The molecule has 1 amide bonds. The Bertz CT molecular complexity index is 1010. The Hall–Kier alpha value is -2.92. The molecule has 4 nitrogen and oxygen atoms in total. The van der Waals surface area contributed by atoms with Gasteiger partial charge in [-0.15, -0.1) is 11.3 Å². The van der Waals surface area contributed by atoms with E-state index in [2.05, 4.69) is 34.3 Å². The molecular formula is C19H15N3OS. The Kier molecular flexibility index (Phi) is 3.63. The first-order valence-corrected chi connectivity index (χ1v) is 8.48. The molecule has 0 unspecified atom stereocenters. The van der Waals surface area contributed by atoms with E-state index in [0.29, 0.717) is 10.7 Å². The van der Waals surface area contributed by atoms with Gasteiger partial charge < -0.3 is 4.98 Å². The maximum Gasteiger partial charge on any atom is 0.257 e. The fraction of sp³-hybridized carbons (Fsp3) is 0.0526. The van der Waals surface area contributed by atoms with Gasteiger partial charge in [0.1, 0.15) is 0 Å². The number of anilines is 1. The number of aromatic amines is 1. The number of amides is 1.